The molecular formula is C23H21N2O3S2+. The van der Waals surface area contributed by atoms with Crippen molar-refractivity contribution < 1.29 is 20.0 Å². The summed E-state index contributed by atoms with van der Waals surface area (Å²) in [6.07, 6.45) is 0.678. The predicted molar refractivity (Wildman–Crippen MR) is 122 cm³/mol. The van der Waals surface area contributed by atoms with Crippen molar-refractivity contribution in [3.8, 4) is 11.5 Å². The summed E-state index contributed by atoms with van der Waals surface area (Å²) in [7, 11) is 1.55. The number of methoxy groups -OCH3 is 1. The number of rotatable bonds is 6. The van der Waals surface area contributed by atoms with Crippen molar-refractivity contribution in [3.05, 3.63) is 83.2 Å². The second-order valence-electron chi connectivity index (χ2n) is 7.04. The molecule has 2 heterocycles. The zero-order valence-electron chi connectivity index (χ0n) is 16.5. The minimum atomic E-state index is -0.336. The zero-order chi connectivity index (χ0) is 21.3. The minimum absolute atomic E-state index is 0.295. The molecule has 30 heavy (non-hydrogen) atoms. The van der Waals surface area contributed by atoms with Crippen molar-refractivity contribution in [3.63, 3.8) is 0 Å². The molecule has 7 heteroatoms. The van der Waals surface area contributed by atoms with Gasteiger partial charge in [0.05, 0.1) is 29.1 Å². The maximum atomic E-state index is 12.9. The highest BCUT2D eigenvalue weighted by Crippen LogP contribution is 2.34. The predicted octanol–water partition coefficient (Wildman–Crippen LogP) is 3.27. The summed E-state index contributed by atoms with van der Waals surface area (Å²) in [6, 6.07) is 19.0. The summed E-state index contributed by atoms with van der Waals surface area (Å²) >= 11 is 10.8. The lowest BCUT2D eigenvalue weighted by Gasteiger charge is -2.12. The lowest BCUT2D eigenvalue weighted by molar-refractivity contribution is -0.206. The number of esters is 1. The summed E-state index contributed by atoms with van der Waals surface area (Å²) in [5, 5.41) is 0. The second kappa shape index (κ2) is 8.47. The Morgan fingerprint density at radius 3 is 2.57 bits per heavy atom. The Morgan fingerprint density at radius 2 is 1.87 bits per heavy atom. The van der Waals surface area contributed by atoms with Crippen molar-refractivity contribution >= 4 is 40.3 Å². The maximum Gasteiger partial charge on any atom is 0.320 e. The Morgan fingerprint density at radius 1 is 1.10 bits per heavy atom. The lowest BCUT2D eigenvalue weighted by Crippen LogP contribution is -2.56. The molecule has 0 radical (unpaired) electrons. The number of hydrogen-bond donors (Lipinski definition) is 1. The van der Waals surface area contributed by atoms with Crippen molar-refractivity contribution in [1.29, 1.82) is 0 Å². The van der Waals surface area contributed by atoms with E-state index < -0.39 is 0 Å². The Hall–Kier alpha value is -2.87. The third-order valence-corrected chi connectivity index (χ3v) is 5.92. The number of fused-ring (bicyclic) bond motifs is 1. The molecule has 3 N–H and O–H groups in total. The Kier molecular flexibility index (Phi) is 5.76. The summed E-state index contributed by atoms with van der Waals surface area (Å²) in [6.45, 7) is 0.725. The van der Waals surface area contributed by atoms with E-state index in [9.17, 15) is 4.79 Å². The fourth-order valence-corrected chi connectivity index (χ4v) is 4.25. The number of nitrogens with zero attached hydrogens (tertiary/aromatic N) is 1. The van der Waals surface area contributed by atoms with E-state index in [0.29, 0.717) is 28.5 Å². The van der Waals surface area contributed by atoms with Crippen LogP contribution >= 0.6 is 24.4 Å². The molecule has 1 aliphatic rings. The van der Waals surface area contributed by atoms with Gasteiger partial charge in [0, 0.05) is 18.3 Å². The first-order valence-electron chi connectivity index (χ1n) is 9.54. The highest BCUT2D eigenvalue weighted by atomic mass is 32.1. The van der Waals surface area contributed by atoms with E-state index in [0.717, 1.165) is 28.4 Å². The molecule has 0 bridgehead atoms. The van der Waals surface area contributed by atoms with E-state index in [2.05, 4.69) is 10.3 Å². The van der Waals surface area contributed by atoms with Gasteiger partial charge in [-0.3, -0.25) is 4.79 Å². The maximum absolute atomic E-state index is 12.9. The van der Waals surface area contributed by atoms with Gasteiger partial charge in [0.2, 0.25) is 4.99 Å². The first kappa shape index (κ1) is 20.4. The van der Waals surface area contributed by atoms with Gasteiger partial charge in [0.25, 0.3) is 0 Å². The quantitative estimate of drug-likeness (QED) is 0.277. The normalized spacial score (nSPS) is 14.8. The van der Waals surface area contributed by atoms with Crippen LogP contribution < -0.4 is 15.2 Å². The highest BCUT2D eigenvalue weighted by Gasteiger charge is 2.32. The minimum Gasteiger partial charge on any atom is -0.496 e. The van der Waals surface area contributed by atoms with E-state index in [1.54, 1.807) is 25.3 Å². The second-order valence-corrected chi connectivity index (χ2v) is 7.94. The van der Waals surface area contributed by atoms with Gasteiger partial charge < -0.3 is 19.8 Å². The van der Waals surface area contributed by atoms with E-state index in [1.807, 2.05) is 42.5 Å². The van der Waals surface area contributed by atoms with Crippen LogP contribution in [0.15, 0.2) is 60.7 Å². The number of carbonyl (C=O) groups excluding carboxylic acids is 1. The monoisotopic (exact) mass is 437 g/mol. The number of quaternary nitrogens is 1. The van der Waals surface area contributed by atoms with Crippen molar-refractivity contribution in [2.24, 2.45) is 0 Å². The van der Waals surface area contributed by atoms with Crippen LogP contribution in [0.4, 0.5) is 0 Å². The van der Waals surface area contributed by atoms with Gasteiger partial charge in [-0.05, 0) is 48.5 Å². The zero-order valence-corrected chi connectivity index (χ0v) is 18.1. The van der Waals surface area contributed by atoms with Crippen LogP contribution in [0, 0.1) is 0 Å². The number of carbonyl (C=O) groups is 1. The van der Waals surface area contributed by atoms with Crippen LogP contribution in [0.25, 0.3) is 0 Å². The third-order valence-electron chi connectivity index (χ3n) is 5.26. The number of hydrogen-bond acceptors (Lipinski definition) is 5. The molecule has 1 atom stereocenters. The molecule has 152 valence electrons. The number of ether oxygens (including phenoxy) is 2. The molecule has 5 nitrogen and oxygen atoms in total. The SMILES string of the molecule is COc1cc(OC(=O)C2CCn3c(C(=S)c4ccccc4)ccc32)ccc1C([NH3+])=S. The molecule has 1 unspecified atom stereocenters. The highest BCUT2D eigenvalue weighted by molar-refractivity contribution is 7.81. The Labute approximate surface area is 185 Å². The lowest BCUT2D eigenvalue weighted by atomic mass is 10.1. The van der Waals surface area contributed by atoms with E-state index >= 15 is 0 Å². The van der Waals surface area contributed by atoms with E-state index in [4.69, 9.17) is 33.9 Å². The Balaban J connectivity index is 1.54. The first-order valence-corrected chi connectivity index (χ1v) is 10.4. The van der Waals surface area contributed by atoms with Crippen LogP contribution in [0.1, 0.15) is 34.9 Å². The average Bonchev–Trinajstić information content (AvgIpc) is 3.35. The van der Waals surface area contributed by atoms with Crippen molar-refractivity contribution in [1.82, 2.24) is 4.57 Å². The summed E-state index contributed by atoms with van der Waals surface area (Å²) in [5.74, 6) is 0.320. The Bertz CT molecular complexity index is 1140. The number of thiocarbonyl (C=S) groups is 2. The summed E-state index contributed by atoms with van der Waals surface area (Å²) in [4.78, 5) is 14.1. The van der Waals surface area contributed by atoms with Gasteiger partial charge in [-0.1, -0.05) is 42.5 Å². The molecule has 0 amide bonds. The molecule has 0 saturated carbocycles. The van der Waals surface area contributed by atoms with Crippen LogP contribution in [0.5, 0.6) is 11.5 Å². The van der Waals surface area contributed by atoms with Gasteiger partial charge in [-0.15, -0.1) is 0 Å². The van der Waals surface area contributed by atoms with Crippen LogP contribution in [-0.4, -0.2) is 27.5 Å². The van der Waals surface area contributed by atoms with E-state index in [-0.39, 0.29) is 11.9 Å². The van der Waals surface area contributed by atoms with Crippen molar-refractivity contribution in [2.75, 3.05) is 7.11 Å². The van der Waals surface area contributed by atoms with Crippen LogP contribution in [0.3, 0.4) is 0 Å². The molecule has 0 aliphatic carbocycles. The van der Waals surface area contributed by atoms with Gasteiger partial charge in [-0.25, -0.2) is 0 Å². The molecule has 0 saturated heterocycles. The molecule has 0 spiro atoms. The average molecular weight is 438 g/mol. The number of aromatic nitrogens is 1. The van der Waals surface area contributed by atoms with Gasteiger partial charge >= 0.3 is 5.97 Å². The smallest absolute Gasteiger partial charge is 0.320 e. The van der Waals surface area contributed by atoms with Gasteiger partial charge in [0.15, 0.2) is 0 Å². The molecule has 4 rings (SSSR count). The standard InChI is InChI=1S/C23H20N2O3S2/c1-27-20-13-15(7-8-17(20)22(24)30)28-23(26)16-11-12-25-18(16)9-10-19(25)21(29)14-5-3-2-4-6-14/h2-10,13,16H,11-12H2,1H3,(H2,24,30)/p+1. The van der Waals surface area contributed by atoms with Gasteiger partial charge in [0.1, 0.15) is 11.5 Å². The molecule has 1 aromatic heterocycles. The fourth-order valence-electron chi connectivity index (χ4n) is 3.77. The number of benzene rings is 2. The van der Waals surface area contributed by atoms with E-state index in [1.165, 1.54) is 0 Å². The largest absolute Gasteiger partial charge is 0.496 e. The first-order chi connectivity index (χ1) is 14.5. The molecular weight excluding hydrogens is 416 g/mol. The van der Waals surface area contributed by atoms with Crippen LogP contribution in [-0.2, 0) is 11.3 Å². The molecule has 0 fully saturated rings. The summed E-state index contributed by atoms with van der Waals surface area (Å²) in [5.41, 5.74) is 7.35. The molecule has 2 aromatic carbocycles. The fraction of sp³-hybridized carbons (Fsp3) is 0.174. The molecule has 3 aromatic rings. The van der Waals surface area contributed by atoms with Gasteiger partial charge in [-0.2, -0.15) is 0 Å². The van der Waals surface area contributed by atoms with Crippen LogP contribution in [0.2, 0.25) is 0 Å². The topological polar surface area (TPSA) is 68.1 Å². The molecule has 1 aliphatic heterocycles. The summed E-state index contributed by atoms with van der Waals surface area (Å²) < 4.78 is 13.1. The van der Waals surface area contributed by atoms with Crippen molar-refractivity contribution in [2.45, 2.75) is 18.9 Å². The third kappa shape index (κ3) is 3.79.